The summed E-state index contributed by atoms with van der Waals surface area (Å²) in [6, 6.07) is 7.38. The van der Waals surface area contributed by atoms with Gasteiger partial charge >= 0.3 is 5.97 Å². The zero-order chi connectivity index (χ0) is 12.7. The summed E-state index contributed by atoms with van der Waals surface area (Å²) < 4.78 is 5.46. The van der Waals surface area contributed by atoms with Crippen LogP contribution in [0.25, 0.3) is 0 Å². The summed E-state index contributed by atoms with van der Waals surface area (Å²) in [5.74, 6) is -1.18. The molecule has 1 heterocycles. The molecule has 1 aliphatic heterocycles. The number of hydrogen-bond donors (Lipinski definition) is 2. The van der Waals surface area contributed by atoms with Gasteiger partial charge in [0.15, 0.2) is 0 Å². The predicted octanol–water partition coefficient (Wildman–Crippen LogP) is 0.957. The van der Waals surface area contributed by atoms with Crippen LogP contribution in [0, 0.1) is 11.8 Å². The topological polar surface area (TPSA) is 75.6 Å². The Morgan fingerprint density at radius 1 is 1.28 bits per heavy atom. The molecule has 0 saturated heterocycles. The van der Waals surface area contributed by atoms with E-state index in [1.165, 1.54) is 0 Å². The highest BCUT2D eigenvalue weighted by Gasteiger charge is 2.49. The Morgan fingerprint density at radius 3 is 2.78 bits per heavy atom. The van der Waals surface area contributed by atoms with Crippen LogP contribution in [0.5, 0.6) is 5.75 Å². The minimum atomic E-state index is -0.891. The van der Waals surface area contributed by atoms with Crippen molar-refractivity contribution in [3.05, 3.63) is 29.8 Å². The summed E-state index contributed by atoms with van der Waals surface area (Å²) in [5.41, 5.74) is 0.957. The second-order valence-corrected chi connectivity index (χ2v) is 4.70. The van der Waals surface area contributed by atoms with Crippen LogP contribution in [0.4, 0.5) is 0 Å². The molecule has 1 saturated carbocycles. The first-order valence-corrected chi connectivity index (χ1v) is 5.91. The van der Waals surface area contributed by atoms with E-state index in [0.29, 0.717) is 13.0 Å². The second-order valence-electron chi connectivity index (χ2n) is 4.70. The minimum absolute atomic E-state index is 0.163. The van der Waals surface area contributed by atoms with Crippen LogP contribution >= 0.6 is 0 Å². The van der Waals surface area contributed by atoms with E-state index in [-0.39, 0.29) is 17.9 Å². The molecule has 0 bridgehead atoms. The molecule has 1 unspecified atom stereocenters. The molecule has 1 aromatic carbocycles. The molecule has 2 N–H and O–H groups in total. The van der Waals surface area contributed by atoms with Crippen molar-refractivity contribution in [3.8, 4) is 5.75 Å². The number of carboxylic acid groups (broad SMARTS) is 1. The summed E-state index contributed by atoms with van der Waals surface area (Å²) in [6.45, 7) is 0.412. The van der Waals surface area contributed by atoms with Gasteiger partial charge in [-0.05, 0) is 12.5 Å². The lowest BCUT2D eigenvalue weighted by Crippen LogP contribution is -2.31. The molecular formula is C13H13NO4. The smallest absolute Gasteiger partial charge is 0.307 e. The van der Waals surface area contributed by atoms with Crippen LogP contribution in [0.3, 0.4) is 0 Å². The molecule has 2 aliphatic rings. The first-order valence-electron chi connectivity index (χ1n) is 5.91. The maximum absolute atomic E-state index is 11.9. The number of benzene rings is 1. The van der Waals surface area contributed by atoms with Crippen molar-refractivity contribution in [2.45, 2.75) is 12.5 Å². The van der Waals surface area contributed by atoms with Crippen molar-refractivity contribution < 1.29 is 19.4 Å². The van der Waals surface area contributed by atoms with Crippen LogP contribution < -0.4 is 10.1 Å². The number of fused-ring (bicyclic) bond motifs is 1. The predicted molar refractivity (Wildman–Crippen MR) is 62.1 cm³/mol. The van der Waals surface area contributed by atoms with E-state index in [2.05, 4.69) is 5.32 Å². The summed E-state index contributed by atoms with van der Waals surface area (Å²) >= 11 is 0. The van der Waals surface area contributed by atoms with Gasteiger partial charge in [0, 0.05) is 5.56 Å². The summed E-state index contributed by atoms with van der Waals surface area (Å²) in [4.78, 5) is 22.6. The van der Waals surface area contributed by atoms with Gasteiger partial charge in [-0.3, -0.25) is 9.59 Å². The van der Waals surface area contributed by atoms with E-state index >= 15 is 0 Å². The minimum Gasteiger partial charge on any atom is -0.491 e. The molecule has 0 spiro atoms. The molecule has 18 heavy (non-hydrogen) atoms. The van der Waals surface area contributed by atoms with Gasteiger partial charge in [0.1, 0.15) is 12.4 Å². The number of carboxylic acids is 1. The average molecular weight is 247 g/mol. The molecule has 1 fully saturated rings. The van der Waals surface area contributed by atoms with Gasteiger partial charge in [0.25, 0.3) is 0 Å². The number of carbonyl (C=O) groups excluding carboxylic acids is 1. The number of nitrogens with one attached hydrogen (secondary N) is 1. The highest BCUT2D eigenvalue weighted by molar-refractivity contribution is 5.89. The Bertz CT molecular complexity index is 513. The number of para-hydroxylation sites is 1. The number of carbonyl (C=O) groups is 2. The zero-order valence-corrected chi connectivity index (χ0v) is 9.63. The number of aliphatic carboxylic acids is 1. The summed E-state index contributed by atoms with van der Waals surface area (Å²) in [6.07, 6.45) is 0.441. The molecule has 94 valence electrons. The number of hydrogen-bond acceptors (Lipinski definition) is 3. The van der Waals surface area contributed by atoms with Crippen LogP contribution in [0.1, 0.15) is 18.0 Å². The molecule has 0 radical (unpaired) electrons. The van der Waals surface area contributed by atoms with Gasteiger partial charge in [-0.15, -0.1) is 0 Å². The third-order valence-corrected chi connectivity index (χ3v) is 3.46. The van der Waals surface area contributed by atoms with Gasteiger partial charge in [-0.2, -0.15) is 0 Å². The van der Waals surface area contributed by atoms with Crippen molar-refractivity contribution in [2.24, 2.45) is 11.8 Å². The quantitative estimate of drug-likeness (QED) is 0.834. The molecule has 5 nitrogen and oxygen atoms in total. The first kappa shape index (κ1) is 11.1. The van der Waals surface area contributed by atoms with Gasteiger partial charge in [0.05, 0.1) is 17.9 Å². The van der Waals surface area contributed by atoms with Crippen LogP contribution in [0.2, 0.25) is 0 Å². The number of amides is 1. The standard InChI is InChI=1S/C13H13NO4/c15-12(8-5-9(8)13(16)17)14-10-6-18-11-4-2-1-3-7(10)11/h1-4,8-10H,5-6H2,(H,14,15)(H,16,17)/t8-,9+,10?/m1/s1. The van der Waals surface area contributed by atoms with Crippen molar-refractivity contribution in [2.75, 3.05) is 6.61 Å². The fraction of sp³-hybridized carbons (Fsp3) is 0.385. The third kappa shape index (κ3) is 1.81. The van der Waals surface area contributed by atoms with Crippen LogP contribution in [0.15, 0.2) is 24.3 Å². The lowest BCUT2D eigenvalue weighted by atomic mass is 10.1. The summed E-state index contributed by atoms with van der Waals surface area (Å²) in [5, 5.41) is 11.6. The van der Waals surface area contributed by atoms with Gasteiger partial charge < -0.3 is 15.2 Å². The maximum atomic E-state index is 11.9. The highest BCUT2D eigenvalue weighted by atomic mass is 16.5. The Balaban J connectivity index is 1.65. The maximum Gasteiger partial charge on any atom is 0.307 e. The lowest BCUT2D eigenvalue weighted by molar-refractivity contribution is -0.140. The van der Waals surface area contributed by atoms with Crippen LogP contribution in [-0.2, 0) is 9.59 Å². The average Bonchev–Trinajstić information content (AvgIpc) is 3.08. The highest BCUT2D eigenvalue weighted by Crippen LogP contribution is 2.40. The molecule has 0 aromatic heterocycles. The SMILES string of the molecule is O=C(O)[C@H]1C[C@H]1C(=O)NC1COc2ccccc21. The normalized spacial score (nSPS) is 28.1. The summed E-state index contributed by atoms with van der Waals surface area (Å²) in [7, 11) is 0. The molecule has 3 atom stereocenters. The molecule has 1 aliphatic carbocycles. The number of rotatable bonds is 3. The second kappa shape index (κ2) is 4.01. The molecule has 1 amide bonds. The van der Waals surface area contributed by atoms with E-state index in [1.54, 1.807) is 0 Å². The van der Waals surface area contributed by atoms with Crippen molar-refractivity contribution in [1.29, 1.82) is 0 Å². The van der Waals surface area contributed by atoms with Gasteiger partial charge in [-0.1, -0.05) is 18.2 Å². The fourth-order valence-electron chi connectivity index (χ4n) is 2.32. The van der Waals surface area contributed by atoms with E-state index in [4.69, 9.17) is 9.84 Å². The van der Waals surface area contributed by atoms with E-state index in [1.807, 2.05) is 24.3 Å². The lowest BCUT2D eigenvalue weighted by Gasteiger charge is -2.11. The largest absolute Gasteiger partial charge is 0.491 e. The van der Waals surface area contributed by atoms with Gasteiger partial charge in [0.2, 0.25) is 5.91 Å². The van der Waals surface area contributed by atoms with Crippen molar-refractivity contribution in [3.63, 3.8) is 0 Å². The van der Waals surface area contributed by atoms with E-state index in [9.17, 15) is 9.59 Å². The molecule has 3 rings (SSSR count). The third-order valence-electron chi connectivity index (χ3n) is 3.46. The van der Waals surface area contributed by atoms with Gasteiger partial charge in [-0.25, -0.2) is 0 Å². The van der Waals surface area contributed by atoms with Crippen LogP contribution in [-0.4, -0.2) is 23.6 Å². The molecule has 5 heteroatoms. The first-order chi connectivity index (χ1) is 8.66. The fourth-order valence-corrected chi connectivity index (χ4v) is 2.32. The molecule has 1 aromatic rings. The van der Waals surface area contributed by atoms with Crippen molar-refractivity contribution in [1.82, 2.24) is 5.32 Å². The molecular weight excluding hydrogens is 234 g/mol. The number of ether oxygens (including phenoxy) is 1. The van der Waals surface area contributed by atoms with E-state index < -0.39 is 11.9 Å². The van der Waals surface area contributed by atoms with E-state index in [0.717, 1.165) is 11.3 Å². The zero-order valence-electron chi connectivity index (χ0n) is 9.63. The van der Waals surface area contributed by atoms with Crippen molar-refractivity contribution >= 4 is 11.9 Å². The monoisotopic (exact) mass is 247 g/mol. The Kier molecular flexibility index (Phi) is 2.47. The Morgan fingerprint density at radius 2 is 2.06 bits per heavy atom. The Hall–Kier alpha value is -2.04. The Labute approximate surface area is 104 Å².